The summed E-state index contributed by atoms with van der Waals surface area (Å²) in [5.41, 5.74) is 0. The molecule has 0 spiro atoms. The van der Waals surface area contributed by atoms with Gasteiger partial charge in [0.2, 0.25) is 23.6 Å². The minimum Gasteiger partial charge on any atom is -0.289 e. The van der Waals surface area contributed by atoms with E-state index in [1.54, 1.807) is 0 Å². The standard InChI is InChI=1S/C18H24N4O4/c23-15-9-13(17(25)21(15)11-1-2-11)19-5-7-20(8-6-19)14-10-16(24)22(18(14)26)12-3-4-12/h11-14H,1-10H2. The lowest BCUT2D eigenvalue weighted by molar-refractivity contribution is -0.143. The van der Waals surface area contributed by atoms with Crippen molar-refractivity contribution in [3.8, 4) is 0 Å². The zero-order chi connectivity index (χ0) is 18.0. The Labute approximate surface area is 152 Å². The summed E-state index contributed by atoms with van der Waals surface area (Å²) in [7, 11) is 0. The Morgan fingerprint density at radius 3 is 1.23 bits per heavy atom. The van der Waals surface area contributed by atoms with Gasteiger partial charge in [-0.05, 0) is 25.7 Å². The summed E-state index contributed by atoms with van der Waals surface area (Å²) < 4.78 is 0. The van der Waals surface area contributed by atoms with E-state index in [4.69, 9.17) is 0 Å². The molecular weight excluding hydrogens is 336 g/mol. The predicted molar refractivity (Wildman–Crippen MR) is 89.7 cm³/mol. The summed E-state index contributed by atoms with van der Waals surface area (Å²) in [4.78, 5) is 56.6. The van der Waals surface area contributed by atoms with Crippen molar-refractivity contribution < 1.29 is 19.2 Å². The van der Waals surface area contributed by atoms with Crippen molar-refractivity contribution in [2.45, 2.75) is 62.7 Å². The highest BCUT2D eigenvalue weighted by Crippen LogP contribution is 2.35. The normalized spacial score (nSPS) is 34.5. The van der Waals surface area contributed by atoms with Crippen LogP contribution in [0.3, 0.4) is 0 Å². The molecule has 8 nitrogen and oxygen atoms in total. The number of nitrogens with zero attached hydrogens (tertiary/aromatic N) is 4. The molecule has 2 atom stereocenters. The molecule has 3 aliphatic heterocycles. The van der Waals surface area contributed by atoms with Crippen molar-refractivity contribution in [3.05, 3.63) is 0 Å². The van der Waals surface area contributed by atoms with Gasteiger partial charge >= 0.3 is 0 Å². The highest BCUT2D eigenvalue weighted by Gasteiger charge is 2.50. The third-order valence-electron chi connectivity index (χ3n) is 6.37. The van der Waals surface area contributed by atoms with Crippen LogP contribution in [0.1, 0.15) is 38.5 Å². The summed E-state index contributed by atoms with van der Waals surface area (Å²) in [5.74, 6) is -0.167. The van der Waals surface area contributed by atoms with Gasteiger partial charge in [0.15, 0.2) is 0 Å². The molecule has 140 valence electrons. The van der Waals surface area contributed by atoms with Crippen molar-refractivity contribution >= 4 is 23.6 Å². The van der Waals surface area contributed by atoms with Crippen molar-refractivity contribution in [1.82, 2.24) is 19.6 Å². The van der Waals surface area contributed by atoms with E-state index in [9.17, 15) is 19.2 Å². The predicted octanol–water partition coefficient (Wildman–Crippen LogP) is -0.816. The van der Waals surface area contributed by atoms with Gasteiger partial charge in [-0.2, -0.15) is 0 Å². The number of imide groups is 2. The number of carbonyl (C=O) groups is 4. The summed E-state index contributed by atoms with van der Waals surface area (Å²) in [6, 6.07) is -0.406. The maximum atomic E-state index is 12.6. The summed E-state index contributed by atoms with van der Waals surface area (Å²) >= 11 is 0. The minimum atomic E-state index is -0.339. The van der Waals surface area contributed by atoms with Gasteiger partial charge in [0.25, 0.3) is 0 Å². The SMILES string of the molecule is O=C1CC(N2CCN(C3CC(=O)N(C4CC4)C3=O)CC2)C(=O)N1C1CC1. The maximum absolute atomic E-state index is 12.6. The summed E-state index contributed by atoms with van der Waals surface area (Å²) in [6.07, 6.45) is 4.32. The molecule has 0 aromatic rings. The Kier molecular flexibility index (Phi) is 3.69. The fourth-order valence-corrected chi connectivity index (χ4v) is 4.63. The Morgan fingerprint density at radius 1 is 0.577 bits per heavy atom. The molecule has 0 aromatic carbocycles. The first-order valence-corrected chi connectivity index (χ1v) is 9.74. The van der Waals surface area contributed by atoms with E-state index in [-0.39, 0.29) is 60.6 Å². The first kappa shape index (κ1) is 16.4. The van der Waals surface area contributed by atoms with Crippen LogP contribution in [-0.4, -0.2) is 93.6 Å². The largest absolute Gasteiger partial charge is 0.289 e. The van der Waals surface area contributed by atoms with E-state index in [0.29, 0.717) is 26.2 Å². The summed E-state index contributed by atoms with van der Waals surface area (Å²) in [6.45, 7) is 2.63. The Balaban J connectivity index is 1.20. The molecule has 0 radical (unpaired) electrons. The van der Waals surface area contributed by atoms with Crippen LogP contribution in [0.15, 0.2) is 0 Å². The van der Waals surface area contributed by atoms with Gasteiger partial charge in [-0.3, -0.25) is 38.8 Å². The molecule has 3 saturated heterocycles. The number of rotatable bonds is 4. The topological polar surface area (TPSA) is 81.2 Å². The van der Waals surface area contributed by atoms with E-state index in [2.05, 4.69) is 9.80 Å². The molecule has 0 bridgehead atoms. The van der Waals surface area contributed by atoms with Gasteiger partial charge in [-0.1, -0.05) is 0 Å². The van der Waals surface area contributed by atoms with Gasteiger partial charge in [-0.15, -0.1) is 0 Å². The molecule has 2 saturated carbocycles. The molecule has 8 heteroatoms. The van der Waals surface area contributed by atoms with Gasteiger partial charge < -0.3 is 0 Å². The third kappa shape index (κ3) is 2.58. The first-order chi connectivity index (χ1) is 12.5. The number of likely N-dealkylation sites (tertiary alicyclic amines) is 2. The Morgan fingerprint density at radius 2 is 0.923 bits per heavy atom. The molecule has 4 amide bonds. The van der Waals surface area contributed by atoms with Crippen molar-refractivity contribution in [2.24, 2.45) is 0 Å². The van der Waals surface area contributed by atoms with E-state index >= 15 is 0 Å². The van der Waals surface area contributed by atoms with Crippen molar-refractivity contribution in [3.63, 3.8) is 0 Å². The van der Waals surface area contributed by atoms with E-state index in [1.165, 1.54) is 9.80 Å². The molecule has 2 aliphatic carbocycles. The number of hydrogen-bond donors (Lipinski definition) is 0. The van der Waals surface area contributed by atoms with Gasteiger partial charge in [-0.25, -0.2) is 0 Å². The van der Waals surface area contributed by atoms with Gasteiger partial charge in [0.05, 0.1) is 24.9 Å². The third-order valence-corrected chi connectivity index (χ3v) is 6.37. The van der Waals surface area contributed by atoms with Crippen LogP contribution in [0, 0.1) is 0 Å². The highest BCUT2D eigenvalue weighted by molar-refractivity contribution is 6.06. The molecule has 0 N–H and O–H groups in total. The van der Waals surface area contributed by atoms with Crippen LogP contribution < -0.4 is 0 Å². The smallest absolute Gasteiger partial charge is 0.247 e. The molecule has 5 aliphatic rings. The molecular formula is C18H24N4O4. The minimum absolute atomic E-state index is 0.0402. The van der Waals surface area contributed by atoms with Crippen LogP contribution in [0.2, 0.25) is 0 Å². The fraction of sp³-hybridized carbons (Fsp3) is 0.778. The van der Waals surface area contributed by atoms with Gasteiger partial charge in [0, 0.05) is 38.3 Å². The van der Waals surface area contributed by atoms with Crippen LogP contribution in [0.5, 0.6) is 0 Å². The second-order valence-electron chi connectivity index (χ2n) is 8.18. The van der Waals surface area contributed by atoms with E-state index in [0.717, 1.165) is 25.7 Å². The van der Waals surface area contributed by atoms with Crippen LogP contribution in [0.25, 0.3) is 0 Å². The van der Waals surface area contributed by atoms with Crippen LogP contribution in [0.4, 0.5) is 0 Å². The lowest BCUT2D eigenvalue weighted by atomic mass is 10.1. The number of hydrogen-bond acceptors (Lipinski definition) is 6. The first-order valence-electron chi connectivity index (χ1n) is 9.74. The fourth-order valence-electron chi connectivity index (χ4n) is 4.63. The van der Waals surface area contributed by atoms with E-state index < -0.39 is 0 Å². The average molecular weight is 360 g/mol. The molecule has 5 fully saturated rings. The van der Waals surface area contributed by atoms with E-state index in [1.807, 2.05) is 0 Å². The van der Waals surface area contributed by atoms with Crippen molar-refractivity contribution in [2.75, 3.05) is 26.2 Å². The molecule has 3 heterocycles. The zero-order valence-corrected chi connectivity index (χ0v) is 14.8. The lowest BCUT2D eigenvalue weighted by Gasteiger charge is -2.38. The molecule has 2 unspecified atom stereocenters. The zero-order valence-electron chi connectivity index (χ0n) is 14.8. The number of carbonyl (C=O) groups excluding carboxylic acids is 4. The second kappa shape index (κ2) is 5.85. The van der Waals surface area contributed by atoms with Crippen LogP contribution in [-0.2, 0) is 19.2 Å². The average Bonchev–Trinajstić information content (AvgIpc) is 3.54. The number of amides is 4. The molecule has 0 aromatic heterocycles. The van der Waals surface area contributed by atoms with Crippen molar-refractivity contribution in [1.29, 1.82) is 0 Å². The molecule has 26 heavy (non-hydrogen) atoms. The number of piperazine rings is 1. The Hall–Kier alpha value is -1.80. The van der Waals surface area contributed by atoms with Gasteiger partial charge in [0.1, 0.15) is 0 Å². The summed E-state index contributed by atoms with van der Waals surface area (Å²) in [5, 5.41) is 0. The quantitative estimate of drug-likeness (QED) is 0.610. The lowest BCUT2D eigenvalue weighted by Crippen LogP contribution is -2.56. The monoisotopic (exact) mass is 360 g/mol. The second-order valence-corrected chi connectivity index (χ2v) is 8.18. The maximum Gasteiger partial charge on any atom is 0.247 e. The van der Waals surface area contributed by atoms with Crippen LogP contribution >= 0.6 is 0 Å². The highest BCUT2D eigenvalue weighted by atomic mass is 16.2. The molecule has 5 rings (SSSR count). The Bertz CT molecular complexity index is 621.